The first-order valence-electron chi connectivity index (χ1n) is 9.52. The molecular formula is C22H23N7O. The minimum atomic E-state index is -0.258. The molecule has 3 rings (SSSR count). The van der Waals surface area contributed by atoms with Crippen molar-refractivity contribution in [2.45, 2.75) is 33.2 Å². The summed E-state index contributed by atoms with van der Waals surface area (Å²) < 4.78 is 1.56. The molecule has 0 fully saturated rings. The van der Waals surface area contributed by atoms with Crippen LogP contribution in [0.1, 0.15) is 42.1 Å². The fraction of sp³-hybridized carbons (Fsp3) is 0.227. The van der Waals surface area contributed by atoms with Crippen molar-refractivity contribution in [3.05, 3.63) is 91.8 Å². The molecule has 2 aromatic carbocycles. The molecule has 0 spiro atoms. The van der Waals surface area contributed by atoms with Crippen molar-refractivity contribution in [1.29, 1.82) is 0 Å². The van der Waals surface area contributed by atoms with Gasteiger partial charge >= 0.3 is 5.69 Å². The lowest BCUT2D eigenvalue weighted by molar-refractivity contribution is 0.764. The van der Waals surface area contributed by atoms with Gasteiger partial charge in [0.25, 0.3) is 0 Å². The van der Waals surface area contributed by atoms with E-state index in [9.17, 15) is 4.79 Å². The van der Waals surface area contributed by atoms with Gasteiger partial charge in [-0.3, -0.25) is 4.57 Å². The predicted molar refractivity (Wildman–Crippen MR) is 120 cm³/mol. The van der Waals surface area contributed by atoms with E-state index in [1.807, 2.05) is 36.4 Å². The number of nitrogens with one attached hydrogen (secondary N) is 1. The largest absolute Gasteiger partial charge is 0.327 e. The van der Waals surface area contributed by atoms with Crippen LogP contribution in [0.5, 0.6) is 0 Å². The number of aromatic nitrogens is 2. The van der Waals surface area contributed by atoms with Gasteiger partial charge in [-0.15, -0.1) is 0 Å². The lowest BCUT2D eigenvalue weighted by atomic mass is 9.96. The van der Waals surface area contributed by atoms with E-state index >= 15 is 0 Å². The lowest BCUT2D eigenvalue weighted by Crippen LogP contribution is -2.17. The molecule has 3 aromatic rings. The van der Waals surface area contributed by atoms with E-state index in [0.717, 1.165) is 16.7 Å². The smallest absolute Gasteiger partial charge is 0.308 e. The van der Waals surface area contributed by atoms with Gasteiger partial charge in [0.05, 0.1) is 12.2 Å². The van der Waals surface area contributed by atoms with Crippen molar-refractivity contribution in [2.24, 2.45) is 15.1 Å². The van der Waals surface area contributed by atoms with Gasteiger partial charge in [-0.2, -0.15) is 0 Å². The third-order valence-electron chi connectivity index (χ3n) is 4.75. The number of hydrogen-bond donors (Lipinski definition) is 1. The summed E-state index contributed by atoms with van der Waals surface area (Å²) in [4.78, 5) is 27.0. The van der Waals surface area contributed by atoms with E-state index in [1.165, 1.54) is 0 Å². The van der Waals surface area contributed by atoms with Crippen molar-refractivity contribution in [3.63, 3.8) is 0 Å². The molecule has 0 unspecified atom stereocenters. The van der Waals surface area contributed by atoms with Gasteiger partial charge in [0.15, 0.2) is 11.7 Å². The molecular weight excluding hydrogens is 378 g/mol. The highest BCUT2D eigenvalue weighted by molar-refractivity contribution is 6.04. The Labute approximate surface area is 174 Å². The molecule has 0 aliphatic rings. The number of rotatable bonds is 6. The van der Waals surface area contributed by atoms with E-state index in [-0.39, 0.29) is 11.6 Å². The summed E-state index contributed by atoms with van der Waals surface area (Å²) in [6.45, 7) is 10.0. The van der Waals surface area contributed by atoms with Crippen LogP contribution >= 0.6 is 0 Å². The third-order valence-corrected chi connectivity index (χ3v) is 4.75. The quantitative estimate of drug-likeness (QED) is 0.193. The Kier molecular flexibility index (Phi) is 6.29. The molecule has 0 atom stereocenters. The summed E-state index contributed by atoms with van der Waals surface area (Å²) >= 11 is 0. The maximum atomic E-state index is 12.5. The Morgan fingerprint density at radius 1 is 1.20 bits per heavy atom. The summed E-state index contributed by atoms with van der Waals surface area (Å²) in [5.41, 5.74) is 12.3. The van der Waals surface area contributed by atoms with E-state index in [2.05, 4.69) is 40.6 Å². The number of aryl methyl sites for hydroxylation is 1. The number of azide groups is 1. The van der Waals surface area contributed by atoms with Crippen LogP contribution in [0.3, 0.4) is 0 Å². The van der Waals surface area contributed by atoms with Crippen LogP contribution in [0.4, 0.5) is 11.5 Å². The maximum absolute atomic E-state index is 12.5. The number of hydrogen-bond acceptors (Lipinski definition) is 3. The van der Waals surface area contributed by atoms with Gasteiger partial charge in [0.2, 0.25) is 0 Å². The lowest BCUT2D eigenvalue weighted by Gasteiger charge is -2.12. The minimum Gasteiger partial charge on any atom is -0.308 e. The normalized spacial score (nSPS) is 11.4. The molecule has 0 amide bonds. The molecule has 0 aliphatic heterocycles. The average molecular weight is 401 g/mol. The van der Waals surface area contributed by atoms with Gasteiger partial charge in [0, 0.05) is 16.2 Å². The molecule has 30 heavy (non-hydrogen) atoms. The first-order chi connectivity index (χ1) is 14.4. The zero-order valence-electron chi connectivity index (χ0n) is 17.2. The number of H-pyrrole nitrogens is 1. The number of aliphatic imine (C=N–C) groups is 2. The molecule has 0 bridgehead atoms. The number of imidazole rings is 1. The Hall–Kier alpha value is -3.90. The Morgan fingerprint density at radius 3 is 2.53 bits per heavy atom. The van der Waals surface area contributed by atoms with Gasteiger partial charge < -0.3 is 4.98 Å². The number of nitrogens with zero attached hydrogens (tertiary/aromatic N) is 6. The maximum Gasteiger partial charge on any atom is 0.327 e. The van der Waals surface area contributed by atoms with Gasteiger partial charge in [-0.05, 0) is 36.2 Å². The van der Waals surface area contributed by atoms with E-state index in [4.69, 9.17) is 10.5 Å². The molecule has 152 valence electrons. The monoisotopic (exact) mass is 401 g/mol. The second-order valence-electron chi connectivity index (χ2n) is 7.16. The average Bonchev–Trinajstić information content (AvgIpc) is 3.00. The Balaban J connectivity index is 2.05. The van der Waals surface area contributed by atoms with E-state index in [0.29, 0.717) is 29.6 Å². The van der Waals surface area contributed by atoms with Crippen LogP contribution < -0.4 is 5.69 Å². The van der Waals surface area contributed by atoms with Crippen molar-refractivity contribution in [3.8, 4) is 0 Å². The first kappa shape index (κ1) is 20.8. The Morgan fingerprint density at radius 2 is 1.90 bits per heavy atom. The van der Waals surface area contributed by atoms with Crippen molar-refractivity contribution in [2.75, 3.05) is 0 Å². The Bertz CT molecular complexity index is 1190. The highest BCUT2D eigenvalue weighted by atomic mass is 16.1. The molecule has 1 aromatic heterocycles. The molecule has 1 N–H and O–H groups in total. The number of benzene rings is 2. The zero-order valence-corrected chi connectivity index (χ0v) is 17.2. The standard InChI is InChI=1S/C22H23N7O/c1-14(2)18-7-5-6-8-19(18)20(24-4)26-21-15(3)25-22(30)29(21)13-16-9-11-17(12-10-16)27-28-23/h5-12,14H,4,13H2,1-3H3,(H,25,30). The van der Waals surface area contributed by atoms with Gasteiger partial charge in [0.1, 0.15) is 0 Å². The topological polar surface area (TPSA) is 111 Å². The van der Waals surface area contributed by atoms with Gasteiger partial charge in [-0.1, -0.05) is 67.5 Å². The molecule has 0 saturated heterocycles. The molecule has 8 heteroatoms. The van der Waals surface area contributed by atoms with Crippen molar-refractivity contribution < 1.29 is 0 Å². The molecule has 1 heterocycles. The summed E-state index contributed by atoms with van der Waals surface area (Å²) in [5, 5.41) is 3.57. The highest BCUT2D eigenvalue weighted by Crippen LogP contribution is 2.24. The first-order valence-corrected chi connectivity index (χ1v) is 9.52. The summed E-state index contributed by atoms with van der Waals surface area (Å²) in [6, 6.07) is 15.0. The SMILES string of the molecule is C=NC(=Nc1c(C)[nH]c(=O)n1Cc1ccc(N=[N+]=[N-])cc1)c1ccccc1C(C)C. The van der Waals surface area contributed by atoms with Gasteiger partial charge in [-0.25, -0.2) is 14.8 Å². The summed E-state index contributed by atoms with van der Waals surface area (Å²) in [7, 11) is 0. The van der Waals surface area contributed by atoms with Crippen LogP contribution in [0.25, 0.3) is 10.4 Å². The molecule has 0 aliphatic carbocycles. The molecule has 0 radical (unpaired) electrons. The third kappa shape index (κ3) is 4.39. The zero-order chi connectivity index (χ0) is 21.7. The predicted octanol–water partition coefficient (Wildman–Crippen LogP) is 5.38. The van der Waals surface area contributed by atoms with E-state index < -0.39 is 0 Å². The fourth-order valence-corrected chi connectivity index (χ4v) is 3.26. The van der Waals surface area contributed by atoms with E-state index in [1.54, 1.807) is 23.6 Å². The van der Waals surface area contributed by atoms with Crippen LogP contribution in [-0.2, 0) is 6.54 Å². The molecule has 0 saturated carbocycles. The van der Waals surface area contributed by atoms with Crippen molar-refractivity contribution in [1.82, 2.24) is 9.55 Å². The van der Waals surface area contributed by atoms with Crippen LogP contribution in [0.15, 0.2) is 68.4 Å². The number of amidine groups is 1. The minimum absolute atomic E-state index is 0.258. The second-order valence-corrected chi connectivity index (χ2v) is 7.16. The van der Waals surface area contributed by atoms with Crippen molar-refractivity contribution >= 4 is 24.1 Å². The van der Waals surface area contributed by atoms with Crippen LogP contribution in [0, 0.1) is 6.92 Å². The fourth-order valence-electron chi connectivity index (χ4n) is 3.26. The summed E-state index contributed by atoms with van der Waals surface area (Å²) in [6.07, 6.45) is 0. The summed E-state index contributed by atoms with van der Waals surface area (Å²) in [5.74, 6) is 1.26. The van der Waals surface area contributed by atoms with Crippen LogP contribution in [0.2, 0.25) is 0 Å². The highest BCUT2D eigenvalue weighted by Gasteiger charge is 2.15. The van der Waals surface area contributed by atoms with Crippen LogP contribution in [-0.4, -0.2) is 22.1 Å². The number of aromatic amines is 1. The second kappa shape index (κ2) is 9.07. The molecule has 8 nitrogen and oxygen atoms in total.